The fourth-order valence-electron chi connectivity index (χ4n) is 4.24. The number of thiophene rings is 1. The molecule has 0 atom stereocenters. The van der Waals surface area contributed by atoms with Crippen molar-refractivity contribution < 1.29 is 0 Å². The molecule has 2 aliphatic rings. The summed E-state index contributed by atoms with van der Waals surface area (Å²) in [4.78, 5) is 7.62. The van der Waals surface area contributed by atoms with E-state index in [1.165, 1.54) is 99.6 Å². The number of nitrogens with two attached hydrogens (primary N) is 1. The Labute approximate surface area is 151 Å². The predicted octanol–water partition coefficient (Wildman–Crippen LogP) is 6.69. The van der Waals surface area contributed by atoms with Crippen LogP contribution in [0.1, 0.15) is 106 Å². The molecule has 0 radical (unpaired) electrons. The van der Waals surface area contributed by atoms with Crippen LogP contribution in [0.4, 0.5) is 5.69 Å². The smallest absolute Gasteiger partial charge is 0.0681 e. The molecule has 2 aliphatic carbocycles. The van der Waals surface area contributed by atoms with E-state index < -0.39 is 0 Å². The van der Waals surface area contributed by atoms with Crippen LogP contribution in [-0.2, 0) is 0 Å². The fourth-order valence-corrected chi connectivity index (χ4v) is 5.37. The molecule has 3 heteroatoms. The van der Waals surface area contributed by atoms with E-state index in [0.717, 1.165) is 11.6 Å². The number of nitrogens with zero attached hydrogens (tertiary/aromatic N) is 1. The average Bonchev–Trinajstić information content (AvgIpc) is 2.87. The van der Waals surface area contributed by atoms with Gasteiger partial charge in [-0.15, -0.1) is 11.3 Å². The molecule has 134 valence electrons. The average molecular weight is 347 g/mol. The second-order valence-corrected chi connectivity index (χ2v) is 8.90. The maximum atomic E-state index is 6.31. The maximum absolute atomic E-state index is 6.31. The molecule has 2 fully saturated rings. The van der Waals surface area contributed by atoms with E-state index in [0.29, 0.717) is 6.04 Å². The molecule has 2 saturated carbocycles. The topological polar surface area (TPSA) is 38.4 Å². The molecule has 0 unspecified atom stereocenters. The van der Waals surface area contributed by atoms with E-state index in [9.17, 15) is 0 Å². The highest BCUT2D eigenvalue weighted by Crippen LogP contribution is 2.37. The molecule has 0 spiro atoms. The highest BCUT2D eigenvalue weighted by molar-refractivity contribution is 7.14. The van der Waals surface area contributed by atoms with Gasteiger partial charge in [0.2, 0.25) is 0 Å². The molecule has 1 heterocycles. The largest absolute Gasteiger partial charge is 0.398 e. The van der Waals surface area contributed by atoms with E-state index in [-0.39, 0.29) is 0 Å². The minimum absolute atomic E-state index is 0.525. The van der Waals surface area contributed by atoms with Crippen molar-refractivity contribution in [2.45, 2.75) is 102 Å². The van der Waals surface area contributed by atoms with Crippen molar-refractivity contribution in [3.05, 3.63) is 15.8 Å². The van der Waals surface area contributed by atoms with Crippen molar-refractivity contribution in [1.82, 2.24) is 0 Å². The van der Waals surface area contributed by atoms with E-state index in [4.69, 9.17) is 10.7 Å². The van der Waals surface area contributed by atoms with E-state index >= 15 is 0 Å². The Kier molecular flexibility index (Phi) is 7.19. The van der Waals surface area contributed by atoms with Crippen molar-refractivity contribution in [3.63, 3.8) is 0 Å². The second kappa shape index (κ2) is 9.60. The van der Waals surface area contributed by atoms with E-state index in [2.05, 4.69) is 12.3 Å². The van der Waals surface area contributed by atoms with Gasteiger partial charge in [0.1, 0.15) is 0 Å². The molecule has 2 N–H and O–H groups in total. The summed E-state index contributed by atoms with van der Waals surface area (Å²) in [5.41, 5.74) is 7.26. The second-order valence-electron chi connectivity index (χ2n) is 7.79. The van der Waals surface area contributed by atoms with Gasteiger partial charge in [-0.2, -0.15) is 0 Å². The summed E-state index contributed by atoms with van der Waals surface area (Å²) < 4.78 is 0. The van der Waals surface area contributed by atoms with Gasteiger partial charge in [0.05, 0.1) is 10.6 Å². The minimum Gasteiger partial charge on any atom is -0.398 e. The summed E-state index contributed by atoms with van der Waals surface area (Å²) >= 11 is 1.91. The van der Waals surface area contributed by atoms with Gasteiger partial charge in [0.25, 0.3) is 0 Å². The lowest BCUT2D eigenvalue weighted by atomic mass is 9.90. The van der Waals surface area contributed by atoms with E-state index in [1.54, 1.807) is 0 Å². The summed E-state index contributed by atoms with van der Waals surface area (Å²) in [6.07, 6.45) is 21.2. The molecule has 3 rings (SSSR count). The van der Waals surface area contributed by atoms with Crippen molar-refractivity contribution >= 4 is 23.2 Å². The van der Waals surface area contributed by atoms with Crippen molar-refractivity contribution in [2.75, 3.05) is 5.73 Å². The first-order valence-corrected chi connectivity index (χ1v) is 11.1. The third kappa shape index (κ3) is 5.34. The zero-order chi connectivity index (χ0) is 16.6. The molecule has 0 saturated heterocycles. The first-order valence-electron chi connectivity index (χ1n) is 10.3. The number of hydrogen-bond acceptors (Lipinski definition) is 3. The van der Waals surface area contributed by atoms with Crippen molar-refractivity contribution in [3.8, 4) is 0 Å². The Hall–Kier alpha value is -0.830. The first-order chi connectivity index (χ1) is 11.8. The highest BCUT2D eigenvalue weighted by atomic mass is 32.1. The summed E-state index contributed by atoms with van der Waals surface area (Å²) in [6.45, 7) is 0. The van der Waals surface area contributed by atoms with Gasteiger partial charge in [0, 0.05) is 17.1 Å². The van der Waals surface area contributed by atoms with Gasteiger partial charge in [-0.05, 0) is 37.7 Å². The lowest BCUT2D eigenvalue weighted by Gasteiger charge is -2.18. The van der Waals surface area contributed by atoms with Gasteiger partial charge in [-0.25, -0.2) is 0 Å². The number of rotatable bonds is 3. The van der Waals surface area contributed by atoms with Crippen LogP contribution in [0.2, 0.25) is 0 Å². The predicted molar refractivity (Wildman–Crippen MR) is 107 cm³/mol. The Bertz CT molecular complexity index is 504. The van der Waals surface area contributed by atoms with Crippen molar-refractivity contribution in [2.24, 2.45) is 4.99 Å². The quantitative estimate of drug-likeness (QED) is 0.608. The third-order valence-electron chi connectivity index (χ3n) is 5.79. The summed E-state index contributed by atoms with van der Waals surface area (Å²) in [5.74, 6) is 0.737. The standard InChI is InChI=1S/C21H34N2S/c22-19-15-20(17-11-7-3-1-4-8-12-17)24-21(19)16-23-18-13-9-5-2-6-10-14-18/h15-18H,1-14,22H2. The molecule has 0 bridgehead atoms. The molecule has 0 amide bonds. The minimum atomic E-state index is 0.525. The number of hydrogen-bond donors (Lipinski definition) is 1. The third-order valence-corrected chi connectivity index (χ3v) is 7.04. The first kappa shape index (κ1) is 18.0. The summed E-state index contributed by atoms with van der Waals surface area (Å²) in [6, 6.07) is 2.77. The highest BCUT2D eigenvalue weighted by Gasteiger charge is 2.17. The molecular formula is C21H34N2S. The van der Waals surface area contributed by atoms with Gasteiger partial charge in [-0.1, -0.05) is 64.2 Å². The van der Waals surface area contributed by atoms with Crippen LogP contribution in [-0.4, -0.2) is 12.3 Å². The van der Waals surface area contributed by atoms with Crippen LogP contribution in [0.25, 0.3) is 0 Å². The summed E-state index contributed by atoms with van der Waals surface area (Å²) in [5, 5.41) is 0. The molecule has 0 aromatic carbocycles. The molecule has 0 aliphatic heterocycles. The van der Waals surface area contributed by atoms with Gasteiger partial charge in [-0.3, -0.25) is 4.99 Å². The van der Waals surface area contributed by atoms with Crippen LogP contribution in [0.5, 0.6) is 0 Å². The molecule has 1 aromatic heterocycles. The zero-order valence-corrected chi connectivity index (χ0v) is 16.0. The molecule has 24 heavy (non-hydrogen) atoms. The lowest BCUT2D eigenvalue weighted by molar-refractivity contribution is 0.456. The van der Waals surface area contributed by atoms with Crippen LogP contribution in [0.3, 0.4) is 0 Å². The monoisotopic (exact) mass is 346 g/mol. The van der Waals surface area contributed by atoms with Crippen molar-refractivity contribution in [1.29, 1.82) is 0 Å². The van der Waals surface area contributed by atoms with Gasteiger partial charge >= 0.3 is 0 Å². The molecular weight excluding hydrogens is 312 g/mol. The molecule has 2 nitrogen and oxygen atoms in total. The lowest BCUT2D eigenvalue weighted by Crippen LogP contribution is -2.07. The normalized spacial score (nSPS) is 22.8. The summed E-state index contributed by atoms with van der Waals surface area (Å²) in [7, 11) is 0. The van der Waals surface area contributed by atoms with Crippen LogP contribution >= 0.6 is 11.3 Å². The number of anilines is 1. The fraction of sp³-hybridized carbons (Fsp3) is 0.762. The zero-order valence-electron chi connectivity index (χ0n) is 15.1. The molecule has 1 aromatic rings. The Morgan fingerprint density at radius 3 is 2.00 bits per heavy atom. The Balaban J connectivity index is 1.63. The SMILES string of the molecule is Nc1cc(C2CCCCCCC2)sc1C=NC1CCCCCCC1. The Morgan fingerprint density at radius 1 is 0.833 bits per heavy atom. The Morgan fingerprint density at radius 2 is 1.38 bits per heavy atom. The maximum Gasteiger partial charge on any atom is 0.0681 e. The van der Waals surface area contributed by atoms with Gasteiger partial charge < -0.3 is 5.73 Å². The number of nitrogen functional groups attached to an aromatic ring is 1. The van der Waals surface area contributed by atoms with Gasteiger partial charge in [0.15, 0.2) is 0 Å². The van der Waals surface area contributed by atoms with Crippen LogP contribution in [0.15, 0.2) is 11.1 Å². The number of aliphatic imine (C=N–C) groups is 1. The van der Waals surface area contributed by atoms with E-state index in [1.807, 2.05) is 11.3 Å². The van der Waals surface area contributed by atoms with Crippen LogP contribution < -0.4 is 5.73 Å². The van der Waals surface area contributed by atoms with Crippen LogP contribution in [0, 0.1) is 0 Å².